The Morgan fingerprint density at radius 2 is 1.54 bits per heavy atom. The number of nitrogens with one attached hydrogen (secondary N) is 2. The van der Waals surface area contributed by atoms with Gasteiger partial charge in [-0.2, -0.15) is 0 Å². The first kappa shape index (κ1) is 17.7. The van der Waals surface area contributed by atoms with Crippen LogP contribution in [0.15, 0.2) is 42.5 Å². The Hall–Kier alpha value is -3.09. The smallest absolute Gasteiger partial charge is 0.276 e. The predicted octanol–water partition coefficient (Wildman–Crippen LogP) is 1.92. The van der Waals surface area contributed by atoms with Crippen LogP contribution in [0.2, 0.25) is 0 Å². The molecule has 1 aliphatic carbocycles. The van der Waals surface area contributed by atoms with Gasteiger partial charge < -0.3 is 9.47 Å². The predicted molar refractivity (Wildman–Crippen MR) is 92.1 cm³/mol. The van der Waals surface area contributed by atoms with Crippen molar-refractivity contribution in [1.82, 2.24) is 10.9 Å². The number of rotatable bonds is 6. The number of hydrogen-bond acceptors (Lipinski definition) is 4. The monoisotopic (exact) mass is 358 g/mol. The molecule has 0 aliphatic heterocycles. The molecule has 0 spiro atoms. The second-order valence-corrected chi connectivity index (χ2v) is 5.92. The highest BCUT2D eigenvalue weighted by molar-refractivity contribution is 5.83. The lowest BCUT2D eigenvalue weighted by Crippen LogP contribution is -2.45. The molecule has 0 saturated carbocycles. The molecule has 0 heterocycles. The summed E-state index contributed by atoms with van der Waals surface area (Å²) >= 11 is 0. The molecule has 7 heteroatoms. The van der Waals surface area contributed by atoms with E-state index in [0.29, 0.717) is 5.75 Å². The van der Waals surface area contributed by atoms with Crippen molar-refractivity contribution in [3.8, 4) is 11.5 Å². The zero-order valence-corrected chi connectivity index (χ0v) is 14.1. The Balaban J connectivity index is 1.36. The highest BCUT2D eigenvalue weighted by atomic mass is 19.1. The molecule has 0 fully saturated rings. The van der Waals surface area contributed by atoms with Gasteiger partial charge in [-0.3, -0.25) is 20.4 Å². The summed E-state index contributed by atoms with van der Waals surface area (Å²) in [6.07, 6.45) is 3.25. The third kappa shape index (κ3) is 4.95. The van der Waals surface area contributed by atoms with E-state index in [1.807, 2.05) is 18.2 Å². The SMILES string of the molecule is O=C(COc1cccc(F)c1)NNC(=O)COc1ccc2c(c1)CCC2. The van der Waals surface area contributed by atoms with Gasteiger partial charge in [0.2, 0.25) is 0 Å². The first-order valence-electron chi connectivity index (χ1n) is 8.31. The van der Waals surface area contributed by atoms with Crippen LogP contribution in [-0.4, -0.2) is 25.0 Å². The topological polar surface area (TPSA) is 76.7 Å². The van der Waals surface area contributed by atoms with Crippen molar-refractivity contribution in [2.75, 3.05) is 13.2 Å². The second kappa shape index (κ2) is 8.33. The first-order valence-corrected chi connectivity index (χ1v) is 8.31. The van der Waals surface area contributed by atoms with Crippen LogP contribution in [-0.2, 0) is 22.4 Å². The summed E-state index contributed by atoms with van der Waals surface area (Å²) in [5, 5.41) is 0. The lowest BCUT2D eigenvalue weighted by molar-refractivity contribution is -0.131. The largest absolute Gasteiger partial charge is 0.484 e. The number of fused-ring (bicyclic) bond motifs is 1. The van der Waals surface area contributed by atoms with E-state index in [-0.39, 0.29) is 19.0 Å². The first-order chi connectivity index (χ1) is 12.6. The third-order valence-corrected chi connectivity index (χ3v) is 3.95. The van der Waals surface area contributed by atoms with Crippen molar-refractivity contribution in [2.45, 2.75) is 19.3 Å². The number of hydrazine groups is 1. The Morgan fingerprint density at radius 1 is 0.885 bits per heavy atom. The lowest BCUT2D eigenvalue weighted by atomic mass is 10.1. The summed E-state index contributed by atoms with van der Waals surface area (Å²) in [6.45, 7) is -0.570. The molecule has 0 bridgehead atoms. The Labute approximate surface area is 150 Å². The van der Waals surface area contributed by atoms with E-state index in [0.717, 1.165) is 25.3 Å². The average molecular weight is 358 g/mol. The van der Waals surface area contributed by atoms with Gasteiger partial charge in [0.25, 0.3) is 11.8 Å². The van der Waals surface area contributed by atoms with E-state index in [1.54, 1.807) is 0 Å². The highest BCUT2D eigenvalue weighted by Crippen LogP contribution is 2.25. The number of carbonyl (C=O) groups excluding carboxylic acids is 2. The molecule has 2 aromatic carbocycles. The minimum atomic E-state index is -0.569. The van der Waals surface area contributed by atoms with Crippen molar-refractivity contribution < 1.29 is 23.5 Å². The van der Waals surface area contributed by atoms with E-state index >= 15 is 0 Å². The van der Waals surface area contributed by atoms with Crippen molar-refractivity contribution >= 4 is 11.8 Å². The van der Waals surface area contributed by atoms with Crippen LogP contribution in [0.4, 0.5) is 4.39 Å². The zero-order valence-electron chi connectivity index (χ0n) is 14.1. The van der Waals surface area contributed by atoms with Crippen molar-refractivity contribution in [2.24, 2.45) is 0 Å². The quantitative estimate of drug-likeness (QED) is 0.774. The van der Waals surface area contributed by atoms with Gasteiger partial charge in [-0.1, -0.05) is 12.1 Å². The van der Waals surface area contributed by atoms with Crippen LogP contribution in [0.25, 0.3) is 0 Å². The molecule has 0 atom stereocenters. The standard InChI is InChI=1S/C19H19FN2O4/c20-15-5-2-6-16(10-15)25-11-18(23)21-22-19(24)12-26-17-8-7-13-3-1-4-14(13)9-17/h2,5-10H,1,3-4,11-12H2,(H,21,23)(H,22,24). The number of ether oxygens (including phenoxy) is 2. The highest BCUT2D eigenvalue weighted by Gasteiger charge is 2.12. The average Bonchev–Trinajstić information content (AvgIpc) is 3.11. The van der Waals surface area contributed by atoms with Gasteiger partial charge in [-0.25, -0.2) is 4.39 Å². The minimum absolute atomic E-state index is 0.218. The molecule has 2 N–H and O–H groups in total. The van der Waals surface area contributed by atoms with Gasteiger partial charge in [0.1, 0.15) is 17.3 Å². The van der Waals surface area contributed by atoms with E-state index in [9.17, 15) is 14.0 Å². The maximum absolute atomic E-state index is 13.0. The van der Waals surface area contributed by atoms with Gasteiger partial charge in [-0.05, 0) is 54.7 Å². The number of hydrogen-bond donors (Lipinski definition) is 2. The molecule has 136 valence electrons. The lowest BCUT2D eigenvalue weighted by Gasteiger charge is -2.10. The van der Waals surface area contributed by atoms with Crippen LogP contribution >= 0.6 is 0 Å². The molecular formula is C19H19FN2O4. The maximum Gasteiger partial charge on any atom is 0.276 e. The fraction of sp³-hybridized carbons (Fsp3) is 0.263. The number of aryl methyl sites for hydroxylation is 2. The van der Waals surface area contributed by atoms with Crippen molar-refractivity contribution in [3.63, 3.8) is 0 Å². The summed E-state index contributed by atoms with van der Waals surface area (Å²) in [4.78, 5) is 23.4. The molecule has 0 saturated heterocycles. The molecule has 0 unspecified atom stereocenters. The number of benzene rings is 2. The molecule has 0 radical (unpaired) electrons. The van der Waals surface area contributed by atoms with Crippen molar-refractivity contribution in [3.05, 3.63) is 59.4 Å². The summed E-state index contributed by atoms with van der Waals surface area (Å²) in [6, 6.07) is 11.2. The molecule has 6 nitrogen and oxygen atoms in total. The molecule has 3 rings (SSSR count). The van der Waals surface area contributed by atoms with Gasteiger partial charge >= 0.3 is 0 Å². The Morgan fingerprint density at radius 3 is 2.23 bits per heavy atom. The van der Waals surface area contributed by atoms with Crippen LogP contribution in [0.1, 0.15) is 17.5 Å². The Bertz CT molecular complexity index is 810. The summed E-state index contributed by atoms with van der Waals surface area (Å²) in [7, 11) is 0. The zero-order chi connectivity index (χ0) is 18.4. The summed E-state index contributed by atoms with van der Waals surface area (Å²) in [5.41, 5.74) is 7.02. The Kier molecular flexibility index (Phi) is 5.68. The molecule has 0 aromatic heterocycles. The third-order valence-electron chi connectivity index (χ3n) is 3.95. The van der Waals surface area contributed by atoms with Gasteiger partial charge in [0.15, 0.2) is 13.2 Å². The summed E-state index contributed by atoms with van der Waals surface area (Å²) < 4.78 is 23.5. The second-order valence-electron chi connectivity index (χ2n) is 5.92. The van der Waals surface area contributed by atoms with Gasteiger partial charge in [0, 0.05) is 6.07 Å². The fourth-order valence-electron chi connectivity index (χ4n) is 2.70. The van der Waals surface area contributed by atoms with Crippen molar-refractivity contribution in [1.29, 1.82) is 0 Å². The molecule has 2 amide bonds. The fourth-order valence-corrected chi connectivity index (χ4v) is 2.70. The van der Waals surface area contributed by atoms with Crippen LogP contribution in [0.3, 0.4) is 0 Å². The van der Waals surface area contributed by atoms with Gasteiger partial charge in [-0.15, -0.1) is 0 Å². The summed E-state index contributed by atoms with van der Waals surface area (Å²) in [5.74, 6) is -0.669. The van der Waals surface area contributed by atoms with E-state index in [2.05, 4.69) is 10.9 Å². The van der Waals surface area contributed by atoms with Gasteiger partial charge in [0.05, 0.1) is 0 Å². The van der Waals surface area contributed by atoms with Crippen LogP contribution in [0, 0.1) is 5.82 Å². The van der Waals surface area contributed by atoms with Crippen LogP contribution < -0.4 is 20.3 Å². The van der Waals surface area contributed by atoms with Crippen LogP contribution in [0.5, 0.6) is 11.5 Å². The van der Waals surface area contributed by atoms with E-state index in [1.165, 1.54) is 29.3 Å². The maximum atomic E-state index is 13.0. The van der Waals surface area contributed by atoms with E-state index in [4.69, 9.17) is 9.47 Å². The molecule has 1 aliphatic rings. The number of amides is 2. The normalized spacial score (nSPS) is 12.2. The number of carbonyl (C=O) groups is 2. The molecule has 2 aromatic rings. The van der Waals surface area contributed by atoms with E-state index < -0.39 is 17.6 Å². The molecule has 26 heavy (non-hydrogen) atoms. The number of halogens is 1. The molecular weight excluding hydrogens is 339 g/mol. The minimum Gasteiger partial charge on any atom is -0.484 e.